The molecule has 0 saturated heterocycles. The third-order valence-electron chi connectivity index (χ3n) is 3.28. The second kappa shape index (κ2) is 4.46. The van der Waals surface area contributed by atoms with Crippen LogP contribution in [0.3, 0.4) is 0 Å². The molecule has 112 valence electrons. The van der Waals surface area contributed by atoms with Crippen LogP contribution in [-0.2, 0) is 16.0 Å². The Labute approximate surface area is 115 Å². The monoisotopic (exact) mass is 308 g/mol. The molecule has 1 aromatic carbocycles. The van der Waals surface area contributed by atoms with Crippen LogP contribution in [0.15, 0.2) is 23.1 Å². The zero-order valence-electron chi connectivity index (χ0n) is 11.0. The summed E-state index contributed by atoms with van der Waals surface area (Å²) in [6.45, 7) is 3.01. The van der Waals surface area contributed by atoms with E-state index in [1.54, 1.807) is 0 Å². The van der Waals surface area contributed by atoms with Gasteiger partial charge in [-0.25, -0.2) is 8.42 Å². The Kier molecular flexibility index (Phi) is 3.41. The van der Waals surface area contributed by atoms with E-state index in [2.05, 4.69) is 0 Å². The number of hydrogen-bond acceptors (Lipinski definition) is 3. The Morgan fingerprint density at radius 1 is 1.30 bits per heavy atom. The third-order valence-corrected chi connectivity index (χ3v) is 5.16. The Balaban J connectivity index is 2.52. The van der Waals surface area contributed by atoms with Crippen molar-refractivity contribution >= 4 is 9.84 Å². The minimum Gasteiger partial charge on any atom is -0.390 e. The molecule has 1 aromatic rings. The SMILES string of the molecule is CC(C)(O)CC1CS(=O)(=O)c2ccc(C(F)(F)F)cc21. The van der Waals surface area contributed by atoms with Gasteiger partial charge in [-0.2, -0.15) is 13.2 Å². The maximum absolute atomic E-state index is 12.7. The summed E-state index contributed by atoms with van der Waals surface area (Å²) >= 11 is 0. The summed E-state index contributed by atoms with van der Waals surface area (Å²) in [5.41, 5.74) is -1.85. The quantitative estimate of drug-likeness (QED) is 0.914. The molecule has 0 saturated carbocycles. The lowest BCUT2D eigenvalue weighted by Crippen LogP contribution is -2.23. The van der Waals surface area contributed by atoms with E-state index in [1.807, 2.05) is 0 Å². The van der Waals surface area contributed by atoms with Crippen LogP contribution in [0.4, 0.5) is 13.2 Å². The molecule has 0 spiro atoms. The molecule has 1 heterocycles. The molecule has 0 aromatic heterocycles. The molecule has 1 aliphatic heterocycles. The van der Waals surface area contributed by atoms with Crippen LogP contribution in [0.1, 0.15) is 37.3 Å². The van der Waals surface area contributed by atoms with Crippen LogP contribution in [0.2, 0.25) is 0 Å². The molecule has 1 aliphatic rings. The number of benzene rings is 1. The standard InChI is InChI=1S/C13H15F3O3S/c1-12(2,17)6-8-7-20(18,19)11-4-3-9(5-10(8)11)13(14,15)16/h3-5,8,17H,6-7H2,1-2H3. The van der Waals surface area contributed by atoms with Crippen LogP contribution in [0, 0.1) is 0 Å². The molecule has 1 N–H and O–H groups in total. The summed E-state index contributed by atoms with van der Waals surface area (Å²) in [5.74, 6) is -0.870. The van der Waals surface area contributed by atoms with Crippen molar-refractivity contribution in [3.8, 4) is 0 Å². The van der Waals surface area contributed by atoms with E-state index in [4.69, 9.17) is 0 Å². The highest BCUT2D eigenvalue weighted by atomic mass is 32.2. The van der Waals surface area contributed by atoms with Crippen molar-refractivity contribution in [2.75, 3.05) is 5.75 Å². The lowest BCUT2D eigenvalue weighted by atomic mass is 9.89. The molecule has 0 amide bonds. The fraction of sp³-hybridized carbons (Fsp3) is 0.538. The van der Waals surface area contributed by atoms with Gasteiger partial charge in [0, 0.05) is 5.92 Å². The van der Waals surface area contributed by atoms with E-state index in [0.29, 0.717) is 0 Å². The topological polar surface area (TPSA) is 54.4 Å². The lowest BCUT2D eigenvalue weighted by molar-refractivity contribution is -0.137. The van der Waals surface area contributed by atoms with Gasteiger partial charge in [0.2, 0.25) is 0 Å². The predicted molar refractivity (Wildman–Crippen MR) is 67.2 cm³/mol. The second-order valence-electron chi connectivity index (χ2n) is 5.75. The number of halogens is 3. The van der Waals surface area contributed by atoms with Gasteiger partial charge in [0.15, 0.2) is 9.84 Å². The van der Waals surface area contributed by atoms with Crippen molar-refractivity contribution in [1.29, 1.82) is 0 Å². The fourth-order valence-corrected chi connectivity index (χ4v) is 4.41. The molecule has 0 aliphatic carbocycles. The first-order chi connectivity index (χ1) is 8.90. The van der Waals surface area contributed by atoms with E-state index >= 15 is 0 Å². The van der Waals surface area contributed by atoms with Gasteiger partial charge in [-0.05, 0) is 44.0 Å². The molecule has 20 heavy (non-hydrogen) atoms. The summed E-state index contributed by atoms with van der Waals surface area (Å²) in [6.07, 6.45) is -4.42. The van der Waals surface area contributed by atoms with Crippen LogP contribution >= 0.6 is 0 Å². The molecule has 0 bridgehead atoms. The van der Waals surface area contributed by atoms with E-state index in [-0.39, 0.29) is 22.6 Å². The molecule has 0 radical (unpaired) electrons. The maximum Gasteiger partial charge on any atom is 0.416 e. The van der Waals surface area contributed by atoms with Crippen molar-refractivity contribution in [2.45, 2.75) is 42.9 Å². The van der Waals surface area contributed by atoms with Gasteiger partial charge in [0.05, 0.1) is 21.8 Å². The molecular weight excluding hydrogens is 293 g/mol. The van der Waals surface area contributed by atoms with Crippen molar-refractivity contribution in [3.05, 3.63) is 29.3 Å². The van der Waals surface area contributed by atoms with E-state index in [9.17, 15) is 26.7 Å². The fourth-order valence-electron chi connectivity index (χ4n) is 2.54. The van der Waals surface area contributed by atoms with Crippen LogP contribution < -0.4 is 0 Å². The Hall–Kier alpha value is -1.08. The summed E-state index contributed by atoms with van der Waals surface area (Å²) in [7, 11) is -3.57. The minimum absolute atomic E-state index is 0.0558. The zero-order chi connectivity index (χ0) is 15.3. The smallest absolute Gasteiger partial charge is 0.390 e. The number of fused-ring (bicyclic) bond motifs is 1. The van der Waals surface area contributed by atoms with Crippen molar-refractivity contribution in [2.24, 2.45) is 0 Å². The Morgan fingerprint density at radius 2 is 1.90 bits per heavy atom. The first kappa shape index (κ1) is 15.3. The minimum atomic E-state index is -4.51. The molecular formula is C13H15F3O3S. The zero-order valence-corrected chi connectivity index (χ0v) is 11.8. The maximum atomic E-state index is 12.7. The average molecular weight is 308 g/mol. The first-order valence-corrected chi connectivity index (χ1v) is 7.72. The summed E-state index contributed by atoms with van der Waals surface area (Å²) < 4.78 is 62.0. The molecule has 7 heteroatoms. The van der Waals surface area contributed by atoms with Crippen LogP contribution in [-0.4, -0.2) is 24.9 Å². The van der Waals surface area contributed by atoms with Crippen molar-refractivity contribution < 1.29 is 26.7 Å². The van der Waals surface area contributed by atoms with Gasteiger partial charge in [-0.3, -0.25) is 0 Å². The van der Waals surface area contributed by atoms with Crippen LogP contribution in [0.25, 0.3) is 0 Å². The number of rotatable bonds is 2. The average Bonchev–Trinajstić information content (AvgIpc) is 2.46. The molecule has 2 rings (SSSR count). The highest BCUT2D eigenvalue weighted by Crippen LogP contribution is 2.42. The van der Waals surface area contributed by atoms with Gasteiger partial charge in [-0.1, -0.05) is 0 Å². The predicted octanol–water partition coefficient (Wildman–Crippen LogP) is 2.74. The van der Waals surface area contributed by atoms with Gasteiger partial charge >= 0.3 is 6.18 Å². The highest BCUT2D eigenvalue weighted by Gasteiger charge is 2.40. The molecule has 1 unspecified atom stereocenters. The van der Waals surface area contributed by atoms with Gasteiger partial charge < -0.3 is 5.11 Å². The molecule has 3 nitrogen and oxygen atoms in total. The van der Waals surface area contributed by atoms with E-state index in [0.717, 1.165) is 18.2 Å². The second-order valence-corrected chi connectivity index (χ2v) is 7.75. The molecule has 0 fully saturated rings. The third kappa shape index (κ3) is 2.98. The number of alkyl halides is 3. The first-order valence-electron chi connectivity index (χ1n) is 6.06. The summed E-state index contributed by atoms with van der Waals surface area (Å²) in [5, 5.41) is 9.79. The lowest BCUT2D eigenvalue weighted by Gasteiger charge is -2.22. The normalized spacial score (nSPS) is 21.8. The number of hydrogen-bond donors (Lipinski definition) is 1. The Bertz CT molecular complexity index is 627. The van der Waals surface area contributed by atoms with Gasteiger partial charge in [-0.15, -0.1) is 0 Å². The molecule has 1 atom stereocenters. The largest absolute Gasteiger partial charge is 0.416 e. The van der Waals surface area contributed by atoms with Crippen molar-refractivity contribution in [1.82, 2.24) is 0 Å². The van der Waals surface area contributed by atoms with Gasteiger partial charge in [0.1, 0.15) is 0 Å². The van der Waals surface area contributed by atoms with Gasteiger partial charge in [0.25, 0.3) is 0 Å². The van der Waals surface area contributed by atoms with E-state index < -0.39 is 33.1 Å². The summed E-state index contributed by atoms with van der Waals surface area (Å²) in [6, 6.07) is 2.68. The number of sulfone groups is 1. The number of aliphatic hydroxyl groups is 1. The van der Waals surface area contributed by atoms with E-state index in [1.165, 1.54) is 13.8 Å². The Morgan fingerprint density at radius 3 is 2.40 bits per heavy atom. The summed E-state index contributed by atoms with van der Waals surface area (Å²) in [4.78, 5) is -0.0558. The van der Waals surface area contributed by atoms with Crippen LogP contribution in [0.5, 0.6) is 0 Å². The highest BCUT2D eigenvalue weighted by molar-refractivity contribution is 7.91. The van der Waals surface area contributed by atoms with Crippen molar-refractivity contribution in [3.63, 3.8) is 0 Å².